The van der Waals surface area contributed by atoms with Crippen LogP contribution in [-0.4, -0.2) is 44.9 Å². The van der Waals surface area contributed by atoms with Crippen LogP contribution in [0, 0.1) is 12.8 Å². The van der Waals surface area contributed by atoms with E-state index >= 15 is 0 Å². The Kier molecular flexibility index (Phi) is 7.22. The Balaban J connectivity index is 0.00000288. The molecule has 1 atom stereocenters. The van der Waals surface area contributed by atoms with Crippen molar-refractivity contribution in [2.75, 3.05) is 20.2 Å². The fourth-order valence-corrected chi connectivity index (χ4v) is 4.48. The lowest BCUT2D eigenvalue weighted by atomic mass is 9.92. The minimum atomic E-state index is -3.54. The van der Waals surface area contributed by atoms with Crippen molar-refractivity contribution in [2.45, 2.75) is 37.6 Å². The van der Waals surface area contributed by atoms with Crippen LogP contribution in [-0.2, 0) is 14.8 Å². The minimum Gasteiger partial charge on any atom is -0.465 e. The predicted octanol–water partition coefficient (Wildman–Crippen LogP) is 1.95. The quantitative estimate of drug-likeness (QED) is 0.811. The Labute approximate surface area is 149 Å². The molecule has 1 aromatic rings. The molecule has 1 aliphatic rings. The van der Waals surface area contributed by atoms with Gasteiger partial charge >= 0.3 is 5.97 Å². The molecule has 2 N–H and O–H groups in total. The molecular weight excluding hydrogens is 352 g/mol. The van der Waals surface area contributed by atoms with Crippen molar-refractivity contribution in [3.05, 3.63) is 29.3 Å². The van der Waals surface area contributed by atoms with E-state index < -0.39 is 16.0 Å². The van der Waals surface area contributed by atoms with E-state index in [1.807, 2.05) is 6.92 Å². The highest BCUT2D eigenvalue weighted by molar-refractivity contribution is 7.89. The molecule has 1 saturated heterocycles. The zero-order valence-electron chi connectivity index (χ0n) is 14.2. The Morgan fingerprint density at radius 3 is 2.38 bits per heavy atom. The average molecular weight is 377 g/mol. The summed E-state index contributed by atoms with van der Waals surface area (Å²) in [6.07, 6.45) is 1.55. The zero-order chi connectivity index (χ0) is 17.2. The highest BCUT2D eigenvalue weighted by Gasteiger charge is 2.30. The molecule has 0 saturated carbocycles. The number of hydrogen-bond donors (Lipinski definition) is 1. The summed E-state index contributed by atoms with van der Waals surface area (Å²) in [6.45, 7) is 4.62. The molecule has 0 amide bonds. The third-order valence-corrected chi connectivity index (χ3v) is 6.38. The SMILES string of the molecule is COC(=O)c1ccc(S(=O)(=O)N2CCC(C(C)N)CC2)cc1C.Cl. The molecule has 136 valence electrons. The summed E-state index contributed by atoms with van der Waals surface area (Å²) in [5.41, 5.74) is 6.86. The lowest BCUT2D eigenvalue weighted by molar-refractivity contribution is 0.0600. The lowest BCUT2D eigenvalue weighted by Gasteiger charge is -2.33. The Bertz CT molecular complexity index is 683. The monoisotopic (exact) mass is 376 g/mol. The molecular formula is C16H25ClN2O4S. The van der Waals surface area contributed by atoms with Gasteiger partial charge in [-0.1, -0.05) is 0 Å². The van der Waals surface area contributed by atoms with Gasteiger partial charge in [0, 0.05) is 19.1 Å². The zero-order valence-corrected chi connectivity index (χ0v) is 15.8. The van der Waals surface area contributed by atoms with Gasteiger partial charge in [-0.15, -0.1) is 12.4 Å². The molecule has 1 fully saturated rings. The summed E-state index contributed by atoms with van der Waals surface area (Å²) in [5.74, 6) is -0.103. The number of hydrogen-bond acceptors (Lipinski definition) is 5. The van der Waals surface area contributed by atoms with Gasteiger partial charge in [0.15, 0.2) is 0 Å². The van der Waals surface area contributed by atoms with Crippen molar-refractivity contribution in [1.29, 1.82) is 0 Å². The van der Waals surface area contributed by atoms with Gasteiger partial charge in [0.25, 0.3) is 0 Å². The first-order valence-electron chi connectivity index (χ1n) is 7.72. The van der Waals surface area contributed by atoms with Crippen molar-refractivity contribution < 1.29 is 17.9 Å². The summed E-state index contributed by atoms with van der Waals surface area (Å²) >= 11 is 0. The van der Waals surface area contributed by atoms with E-state index in [0.29, 0.717) is 30.1 Å². The maximum atomic E-state index is 12.7. The molecule has 0 bridgehead atoms. The second-order valence-electron chi connectivity index (χ2n) is 6.07. The number of carbonyl (C=O) groups is 1. The van der Waals surface area contributed by atoms with Crippen LogP contribution in [0.4, 0.5) is 0 Å². The van der Waals surface area contributed by atoms with Crippen LogP contribution in [0.15, 0.2) is 23.1 Å². The topological polar surface area (TPSA) is 89.7 Å². The Morgan fingerprint density at radius 2 is 1.92 bits per heavy atom. The standard InChI is InChI=1S/C16H24N2O4S.ClH/c1-11-10-14(4-5-15(11)16(19)22-3)23(20,21)18-8-6-13(7-9-18)12(2)17;/h4-5,10,12-13H,6-9,17H2,1-3H3;1H. The third-order valence-electron chi connectivity index (χ3n) is 4.48. The van der Waals surface area contributed by atoms with Gasteiger partial charge in [-0.2, -0.15) is 4.31 Å². The number of halogens is 1. The first kappa shape index (κ1) is 20.9. The average Bonchev–Trinajstić information content (AvgIpc) is 2.54. The molecule has 0 spiro atoms. The largest absolute Gasteiger partial charge is 0.465 e. The third kappa shape index (κ3) is 4.27. The van der Waals surface area contributed by atoms with E-state index in [0.717, 1.165) is 12.8 Å². The minimum absolute atomic E-state index is 0. The van der Waals surface area contributed by atoms with Crippen LogP contribution < -0.4 is 5.73 Å². The van der Waals surface area contributed by atoms with Gasteiger partial charge < -0.3 is 10.5 Å². The van der Waals surface area contributed by atoms with Crippen molar-refractivity contribution in [2.24, 2.45) is 11.7 Å². The predicted molar refractivity (Wildman–Crippen MR) is 94.9 cm³/mol. The van der Waals surface area contributed by atoms with Gasteiger partial charge in [0.2, 0.25) is 10.0 Å². The Morgan fingerprint density at radius 1 is 1.33 bits per heavy atom. The number of nitrogens with zero attached hydrogens (tertiary/aromatic N) is 1. The van der Waals surface area contributed by atoms with Crippen molar-refractivity contribution in [3.8, 4) is 0 Å². The normalized spacial score (nSPS) is 17.8. The maximum Gasteiger partial charge on any atom is 0.338 e. The fourth-order valence-electron chi connectivity index (χ4n) is 2.93. The Hall–Kier alpha value is -1.15. The van der Waals surface area contributed by atoms with E-state index in [1.165, 1.54) is 29.6 Å². The highest BCUT2D eigenvalue weighted by atomic mass is 35.5. The number of esters is 1. The van der Waals surface area contributed by atoms with Crippen LogP contribution in [0.25, 0.3) is 0 Å². The van der Waals surface area contributed by atoms with Crippen LogP contribution in [0.1, 0.15) is 35.7 Å². The van der Waals surface area contributed by atoms with Crippen molar-refractivity contribution >= 4 is 28.4 Å². The molecule has 1 aromatic carbocycles. The molecule has 2 rings (SSSR count). The van der Waals surface area contributed by atoms with Crippen molar-refractivity contribution in [1.82, 2.24) is 4.31 Å². The van der Waals surface area contributed by atoms with Gasteiger partial charge in [0.1, 0.15) is 0 Å². The maximum absolute atomic E-state index is 12.7. The summed E-state index contributed by atoms with van der Waals surface area (Å²) in [4.78, 5) is 11.8. The molecule has 0 aliphatic carbocycles. The van der Waals surface area contributed by atoms with E-state index in [4.69, 9.17) is 5.73 Å². The van der Waals surface area contributed by atoms with Crippen LogP contribution in [0.5, 0.6) is 0 Å². The van der Waals surface area contributed by atoms with Crippen LogP contribution >= 0.6 is 12.4 Å². The van der Waals surface area contributed by atoms with Gasteiger partial charge in [-0.3, -0.25) is 0 Å². The van der Waals surface area contributed by atoms with Gasteiger partial charge in [-0.05, 0) is 56.4 Å². The number of benzene rings is 1. The number of methoxy groups -OCH3 is 1. The second kappa shape index (κ2) is 8.29. The van der Waals surface area contributed by atoms with Crippen LogP contribution in [0.2, 0.25) is 0 Å². The lowest BCUT2D eigenvalue weighted by Crippen LogP contribution is -2.42. The molecule has 1 heterocycles. The first-order chi connectivity index (χ1) is 10.8. The smallest absolute Gasteiger partial charge is 0.338 e. The molecule has 1 aliphatic heterocycles. The van der Waals surface area contributed by atoms with E-state index in [1.54, 1.807) is 6.92 Å². The van der Waals surface area contributed by atoms with Crippen molar-refractivity contribution in [3.63, 3.8) is 0 Å². The summed E-state index contributed by atoms with van der Waals surface area (Å²) in [6, 6.07) is 4.58. The number of aryl methyl sites for hydroxylation is 1. The number of nitrogens with two attached hydrogens (primary N) is 1. The number of sulfonamides is 1. The summed E-state index contributed by atoms with van der Waals surface area (Å²) in [7, 11) is -2.24. The number of rotatable bonds is 4. The summed E-state index contributed by atoms with van der Waals surface area (Å²) < 4.78 is 31.7. The van der Waals surface area contributed by atoms with Gasteiger partial charge in [-0.25, -0.2) is 13.2 Å². The summed E-state index contributed by atoms with van der Waals surface area (Å²) in [5, 5.41) is 0. The molecule has 1 unspecified atom stereocenters. The number of piperidine rings is 1. The van der Waals surface area contributed by atoms with E-state index in [9.17, 15) is 13.2 Å². The van der Waals surface area contributed by atoms with E-state index in [-0.39, 0.29) is 23.3 Å². The molecule has 6 nitrogen and oxygen atoms in total. The van der Waals surface area contributed by atoms with Crippen LogP contribution in [0.3, 0.4) is 0 Å². The molecule has 8 heteroatoms. The number of carbonyl (C=O) groups excluding carboxylic acids is 1. The first-order valence-corrected chi connectivity index (χ1v) is 9.16. The number of ether oxygens (including phenoxy) is 1. The van der Waals surface area contributed by atoms with Gasteiger partial charge in [0.05, 0.1) is 17.6 Å². The van der Waals surface area contributed by atoms with E-state index in [2.05, 4.69) is 4.74 Å². The second-order valence-corrected chi connectivity index (χ2v) is 8.01. The fraction of sp³-hybridized carbons (Fsp3) is 0.562. The molecule has 24 heavy (non-hydrogen) atoms. The highest BCUT2D eigenvalue weighted by Crippen LogP contribution is 2.26. The molecule has 0 radical (unpaired) electrons. The molecule has 0 aromatic heterocycles.